The summed E-state index contributed by atoms with van der Waals surface area (Å²) in [6.07, 6.45) is -3.14. The highest BCUT2D eigenvalue weighted by atomic mass is 79.9. The van der Waals surface area contributed by atoms with E-state index in [-0.39, 0.29) is 16.6 Å². The molecule has 2 aromatic carbocycles. The minimum Gasteiger partial charge on any atom is -0.406 e. The van der Waals surface area contributed by atoms with E-state index in [1.54, 1.807) is 6.08 Å². The van der Waals surface area contributed by atoms with Crippen molar-refractivity contribution >= 4 is 50.9 Å². The van der Waals surface area contributed by atoms with Gasteiger partial charge in [-0.3, -0.25) is 9.69 Å². The molecule has 1 fully saturated rings. The average molecular weight is 443 g/mol. The molecule has 1 amide bonds. The number of benzene rings is 2. The fourth-order valence-electron chi connectivity index (χ4n) is 2.33. The van der Waals surface area contributed by atoms with Crippen LogP contribution in [0.4, 0.5) is 18.9 Å². The third-order valence-corrected chi connectivity index (χ3v) is 4.14. The molecule has 1 saturated heterocycles. The van der Waals surface area contributed by atoms with Crippen molar-refractivity contribution in [1.82, 2.24) is 5.32 Å². The standard InChI is InChI=1S/C17H10BrF3N2O2S/c18-11-3-1-2-10(8-11)9-14-15(24)23(16(26)22-14)12-4-6-13(7-5-12)25-17(19,20)21/h1-9H,(H,22,26)/b14-9-. The van der Waals surface area contributed by atoms with Crippen LogP contribution >= 0.6 is 28.1 Å². The van der Waals surface area contributed by atoms with Crippen LogP contribution in [0.25, 0.3) is 6.08 Å². The highest BCUT2D eigenvalue weighted by Crippen LogP contribution is 2.28. The molecule has 0 unspecified atom stereocenters. The first-order valence-corrected chi connectivity index (χ1v) is 8.41. The summed E-state index contributed by atoms with van der Waals surface area (Å²) in [7, 11) is 0. The Labute approximate surface area is 160 Å². The molecule has 26 heavy (non-hydrogen) atoms. The number of ether oxygens (including phenoxy) is 1. The highest BCUT2D eigenvalue weighted by molar-refractivity contribution is 9.10. The number of anilines is 1. The van der Waals surface area contributed by atoms with E-state index < -0.39 is 12.3 Å². The number of thiocarbonyl (C=S) groups is 1. The van der Waals surface area contributed by atoms with Crippen molar-refractivity contribution in [2.45, 2.75) is 6.36 Å². The molecule has 0 atom stereocenters. The van der Waals surface area contributed by atoms with Gasteiger partial charge in [-0.1, -0.05) is 28.1 Å². The van der Waals surface area contributed by atoms with Crippen molar-refractivity contribution in [2.75, 3.05) is 4.90 Å². The molecule has 0 spiro atoms. The van der Waals surface area contributed by atoms with Gasteiger partial charge < -0.3 is 10.1 Å². The number of nitrogens with one attached hydrogen (secondary N) is 1. The molecule has 3 rings (SSSR count). The van der Waals surface area contributed by atoms with Crippen molar-refractivity contribution < 1.29 is 22.7 Å². The Hall–Kier alpha value is -2.39. The second kappa shape index (κ2) is 7.08. The predicted molar refractivity (Wildman–Crippen MR) is 98.5 cm³/mol. The van der Waals surface area contributed by atoms with Crippen LogP contribution < -0.4 is 15.0 Å². The molecule has 1 aliphatic rings. The van der Waals surface area contributed by atoms with Crippen molar-refractivity contribution in [3.8, 4) is 5.75 Å². The monoisotopic (exact) mass is 442 g/mol. The number of hydrogen-bond donors (Lipinski definition) is 1. The normalized spacial score (nSPS) is 16.2. The number of carbonyl (C=O) groups excluding carboxylic acids is 1. The summed E-state index contributed by atoms with van der Waals surface area (Å²) in [5, 5.41) is 2.95. The van der Waals surface area contributed by atoms with Gasteiger partial charge in [0.2, 0.25) is 0 Å². The van der Waals surface area contributed by atoms with Crippen molar-refractivity contribution in [1.29, 1.82) is 0 Å². The molecule has 1 heterocycles. The van der Waals surface area contributed by atoms with Crippen LogP contribution in [0.5, 0.6) is 5.75 Å². The first kappa shape index (κ1) is 18.4. The molecule has 9 heteroatoms. The third-order valence-electron chi connectivity index (χ3n) is 3.37. The fraction of sp³-hybridized carbons (Fsp3) is 0.0588. The van der Waals surface area contributed by atoms with Gasteiger partial charge >= 0.3 is 6.36 Å². The smallest absolute Gasteiger partial charge is 0.406 e. The maximum absolute atomic E-state index is 12.6. The van der Waals surface area contributed by atoms with E-state index in [9.17, 15) is 18.0 Å². The lowest BCUT2D eigenvalue weighted by molar-refractivity contribution is -0.274. The number of amides is 1. The van der Waals surface area contributed by atoms with Crippen LogP contribution in [0.2, 0.25) is 0 Å². The maximum Gasteiger partial charge on any atom is 0.573 e. The van der Waals surface area contributed by atoms with E-state index in [0.29, 0.717) is 5.69 Å². The van der Waals surface area contributed by atoms with Gasteiger partial charge in [0, 0.05) is 4.47 Å². The van der Waals surface area contributed by atoms with Gasteiger partial charge in [0.25, 0.3) is 5.91 Å². The zero-order valence-electron chi connectivity index (χ0n) is 12.9. The van der Waals surface area contributed by atoms with Crippen molar-refractivity contribution in [2.24, 2.45) is 0 Å². The number of hydrogen-bond acceptors (Lipinski definition) is 3. The lowest BCUT2D eigenvalue weighted by atomic mass is 10.2. The molecular weight excluding hydrogens is 433 g/mol. The molecule has 1 aliphatic heterocycles. The Morgan fingerprint density at radius 3 is 2.46 bits per heavy atom. The van der Waals surface area contributed by atoms with Crippen molar-refractivity contribution in [3.05, 3.63) is 64.3 Å². The van der Waals surface area contributed by atoms with Crippen LogP contribution in [-0.4, -0.2) is 17.4 Å². The molecule has 1 N–H and O–H groups in total. The van der Waals surface area contributed by atoms with Gasteiger partial charge in [-0.15, -0.1) is 13.2 Å². The summed E-state index contributed by atoms with van der Waals surface area (Å²) in [5.74, 6) is -0.781. The average Bonchev–Trinajstić information content (AvgIpc) is 2.81. The van der Waals surface area contributed by atoms with Crippen LogP contribution in [-0.2, 0) is 4.79 Å². The number of carbonyl (C=O) groups is 1. The van der Waals surface area contributed by atoms with Crippen LogP contribution in [0.1, 0.15) is 5.56 Å². The lowest BCUT2D eigenvalue weighted by Gasteiger charge is -2.15. The number of rotatable bonds is 3. The molecular formula is C17H10BrF3N2O2S. The molecule has 0 aliphatic carbocycles. The molecule has 0 radical (unpaired) electrons. The van der Waals surface area contributed by atoms with Gasteiger partial charge in [0.05, 0.1) is 5.69 Å². The Kier molecular flexibility index (Phi) is 5.01. The fourth-order valence-corrected chi connectivity index (χ4v) is 3.04. The Balaban J connectivity index is 1.83. The van der Waals surface area contributed by atoms with E-state index in [0.717, 1.165) is 22.2 Å². The first-order valence-electron chi connectivity index (χ1n) is 7.21. The summed E-state index contributed by atoms with van der Waals surface area (Å²) in [4.78, 5) is 13.8. The second-order valence-corrected chi connectivity index (χ2v) is 6.53. The molecule has 0 saturated carbocycles. The zero-order valence-corrected chi connectivity index (χ0v) is 15.3. The van der Waals surface area contributed by atoms with E-state index >= 15 is 0 Å². The Bertz CT molecular complexity index is 898. The van der Waals surface area contributed by atoms with Crippen molar-refractivity contribution in [3.63, 3.8) is 0 Å². The Morgan fingerprint density at radius 2 is 1.85 bits per heavy atom. The van der Waals surface area contributed by atoms with Crippen LogP contribution in [0.3, 0.4) is 0 Å². The third kappa shape index (κ3) is 4.23. The van der Waals surface area contributed by atoms with Gasteiger partial charge in [-0.25, -0.2) is 0 Å². The molecule has 4 nitrogen and oxygen atoms in total. The van der Waals surface area contributed by atoms with Crippen LogP contribution in [0, 0.1) is 0 Å². The SMILES string of the molecule is O=C1/C(=C/c2cccc(Br)c2)NC(=S)N1c1ccc(OC(F)(F)F)cc1. The largest absolute Gasteiger partial charge is 0.573 e. The number of nitrogens with zero attached hydrogens (tertiary/aromatic N) is 1. The zero-order chi connectivity index (χ0) is 18.9. The predicted octanol–water partition coefficient (Wildman–Crippen LogP) is 4.61. The number of halogens is 4. The van der Waals surface area contributed by atoms with E-state index in [1.807, 2.05) is 24.3 Å². The highest BCUT2D eigenvalue weighted by Gasteiger charge is 2.33. The van der Waals surface area contributed by atoms with Gasteiger partial charge in [-0.2, -0.15) is 0 Å². The van der Waals surface area contributed by atoms with Crippen LogP contribution in [0.15, 0.2) is 58.7 Å². The Morgan fingerprint density at radius 1 is 1.15 bits per heavy atom. The van der Waals surface area contributed by atoms with Gasteiger partial charge in [-0.05, 0) is 60.3 Å². The quantitative estimate of drug-likeness (QED) is 0.556. The summed E-state index contributed by atoms with van der Waals surface area (Å²) in [5.41, 5.74) is 1.39. The van der Waals surface area contributed by atoms with Gasteiger partial charge in [0.1, 0.15) is 11.4 Å². The van der Waals surface area contributed by atoms with E-state index in [1.165, 1.54) is 17.0 Å². The lowest BCUT2D eigenvalue weighted by Crippen LogP contribution is -2.30. The molecule has 0 aromatic heterocycles. The van der Waals surface area contributed by atoms with E-state index in [2.05, 4.69) is 26.0 Å². The molecule has 2 aromatic rings. The molecule has 134 valence electrons. The summed E-state index contributed by atoms with van der Waals surface area (Å²) >= 11 is 8.52. The summed E-state index contributed by atoms with van der Waals surface area (Å²) < 4.78 is 41.4. The van der Waals surface area contributed by atoms with E-state index in [4.69, 9.17) is 12.2 Å². The first-order chi connectivity index (χ1) is 12.2. The second-order valence-electron chi connectivity index (χ2n) is 5.23. The summed E-state index contributed by atoms with van der Waals surface area (Å²) in [6, 6.07) is 12.2. The minimum atomic E-state index is -4.78. The summed E-state index contributed by atoms with van der Waals surface area (Å²) in [6.45, 7) is 0. The number of alkyl halides is 3. The minimum absolute atomic E-state index is 0.140. The maximum atomic E-state index is 12.6. The van der Waals surface area contributed by atoms with Gasteiger partial charge in [0.15, 0.2) is 5.11 Å². The molecule has 0 bridgehead atoms. The topological polar surface area (TPSA) is 41.6 Å².